The van der Waals surface area contributed by atoms with Crippen LogP contribution < -0.4 is 10.5 Å². The maximum atomic E-state index is 12.2. The summed E-state index contributed by atoms with van der Waals surface area (Å²) in [7, 11) is 4.74. The molecule has 7 nitrogen and oxygen atoms in total. The smallest absolute Gasteiger partial charge is 0.358 e. The van der Waals surface area contributed by atoms with E-state index in [-0.39, 0.29) is 11.4 Å². The first-order valence-corrected chi connectivity index (χ1v) is 7.74. The van der Waals surface area contributed by atoms with Gasteiger partial charge in [0.05, 0.1) is 26.2 Å². The molecule has 0 bridgehead atoms. The Labute approximate surface area is 145 Å². The number of nitrogen functional groups attached to an aromatic ring is 1. The van der Waals surface area contributed by atoms with Crippen LogP contribution in [0.15, 0.2) is 18.5 Å². The fraction of sp³-hybridized carbons (Fsp3) is 0.278. The molecule has 0 saturated heterocycles. The van der Waals surface area contributed by atoms with E-state index in [2.05, 4.69) is 9.97 Å². The molecule has 0 spiro atoms. The standard InChI is InChI=1S/C18H20N4O3/c1-9-6-7-11(24-4)10(2)12(9)13-14(19)16(18(23)25-5)21-17-15(13)20-8-22(17)3/h6-8H,19H2,1-5H3. The van der Waals surface area contributed by atoms with Gasteiger partial charge in [-0.15, -0.1) is 0 Å². The van der Waals surface area contributed by atoms with Crippen LogP contribution in [0.4, 0.5) is 5.69 Å². The first-order valence-electron chi connectivity index (χ1n) is 7.74. The number of imidazole rings is 1. The van der Waals surface area contributed by atoms with Gasteiger partial charge in [0.2, 0.25) is 0 Å². The van der Waals surface area contributed by atoms with Crippen LogP contribution in [0.2, 0.25) is 0 Å². The molecule has 25 heavy (non-hydrogen) atoms. The number of fused-ring (bicyclic) bond motifs is 1. The number of carbonyl (C=O) groups excluding carboxylic acids is 1. The Morgan fingerprint density at radius 3 is 2.56 bits per heavy atom. The van der Waals surface area contributed by atoms with Crippen LogP contribution in [0, 0.1) is 13.8 Å². The molecule has 0 aliphatic heterocycles. The van der Waals surface area contributed by atoms with E-state index in [1.807, 2.05) is 33.0 Å². The summed E-state index contributed by atoms with van der Waals surface area (Å²) in [6.45, 7) is 3.93. The fourth-order valence-corrected chi connectivity index (χ4v) is 3.08. The van der Waals surface area contributed by atoms with E-state index in [0.717, 1.165) is 22.4 Å². The number of anilines is 1. The molecule has 0 amide bonds. The summed E-state index contributed by atoms with van der Waals surface area (Å²) in [5.74, 6) is 0.153. The van der Waals surface area contributed by atoms with Crippen molar-refractivity contribution in [2.24, 2.45) is 7.05 Å². The van der Waals surface area contributed by atoms with Crippen molar-refractivity contribution in [3.05, 3.63) is 35.3 Å². The molecule has 0 aliphatic carbocycles. The zero-order valence-electron chi connectivity index (χ0n) is 14.9. The van der Waals surface area contributed by atoms with Crippen molar-refractivity contribution in [3.63, 3.8) is 0 Å². The molecule has 0 fully saturated rings. The molecule has 0 saturated carbocycles. The van der Waals surface area contributed by atoms with Gasteiger partial charge in [-0.25, -0.2) is 14.8 Å². The molecule has 3 rings (SSSR count). The monoisotopic (exact) mass is 340 g/mol. The van der Waals surface area contributed by atoms with E-state index in [0.29, 0.717) is 16.7 Å². The Hall–Kier alpha value is -3.09. The highest BCUT2D eigenvalue weighted by Crippen LogP contribution is 2.40. The molecule has 130 valence electrons. The van der Waals surface area contributed by atoms with E-state index in [1.54, 1.807) is 18.0 Å². The van der Waals surface area contributed by atoms with Crippen LogP contribution in [-0.2, 0) is 11.8 Å². The molecule has 3 aromatic rings. The van der Waals surface area contributed by atoms with Crippen molar-refractivity contribution in [1.29, 1.82) is 0 Å². The third-order valence-electron chi connectivity index (χ3n) is 4.36. The van der Waals surface area contributed by atoms with Gasteiger partial charge in [0.15, 0.2) is 11.3 Å². The van der Waals surface area contributed by atoms with Crippen LogP contribution in [0.1, 0.15) is 21.6 Å². The summed E-state index contributed by atoms with van der Waals surface area (Å²) in [5.41, 5.74) is 11.3. The van der Waals surface area contributed by atoms with Crippen molar-refractivity contribution >= 4 is 22.8 Å². The summed E-state index contributed by atoms with van der Waals surface area (Å²) in [5, 5.41) is 0. The van der Waals surface area contributed by atoms with Crippen molar-refractivity contribution in [3.8, 4) is 16.9 Å². The minimum Gasteiger partial charge on any atom is -0.496 e. The SMILES string of the molecule is COC(=O)c1nc2c(ncn2C)c(-c2c(C)ccc(OC)c2C)c1N. The summed E-state index contributed by atoms with van der Waals surface area (Å²) in [6, 6.07) is 3.86. The van der Waals surface area contributed by atoms with Gasteiger partial charge in [0.1, 0.15) is 11.3 Å². The second-order valence-corrected chi connectivity index (χ2v) is 5.85. The number of ether oxygens (including phenoxy) is 2. The zero-order valence-corrected chi connectivity index (χ0v) is 14.9. The minimum absolute atomic E-state index is 0.0789. The fourth-order valence-electron chi connectivity index (χ4n) is 3.08. The molecule has 0 radical (unpaired) electrons. The highest BCUT2D eigenvalue weighted by Gasteiger charge is 2.24. The molecule has 2 N–H and O–H groups in total. The van der Waals surface area contributed by atoms with E-state index < -0.39 is 5.97 Å². The van der Waals surface area contributed by atoms with E-state index >= 15 is 0 Å². The highest BCUT2D eigenvalue weighted by molar-refractivity contribution is 6.06. The summed E-state index contributed by atoms with van der Waals surface area (Å²) in [6.07, 6.45) is 1.65. The number of pyridine rings is 1. The van der Waals surface area contributed by atoms with Crippen molar-refractivity contribution in [2.45, 2.75) is 13.8 Å². The maximum Gasteiger partial charge on any atom is 0.358 e. The number of carbonyl (C=O) groups is 1. The number of methoxy groups -OCH3 is 2. The van der Waals surface area contributed by atoms with Crippen molar-refractivity contribution in [2.75, 3.05) is 20.0 Å². The van der Waals surface area contributed by atoms with Crippen LogP contribution in [0.5, 0.6) is 5.75 Å². The van der Waals surface area contributed by atoms with E-state index in [1.165, 1.54) is 7.11 Å². The molecular formula is C18H20N4O3. The van der Waals surface area contributed by atoms with Gasteiger partial charge in [0.25, 0.3) is 0 Å². The molecule has 0 atom stereocenters. The predicted octanol–water partition coefficient (Wildman–Crippen LogP) is 2.63. The number of hydrogen-bond donors (Lipinski definition) is 1. The number of benzene rings is 1. The number of aryl methyl sites for hydroxylation is 2. The van der Waals surface area contributed by atoms with Gasteiger partial charge in [-0.3, -0.25) is 0 Å². The average Bonchev–Trinajstić information content (AvgIpc) is 2.96. The van der Waals surface area contributed by atoms with Gasteiger partial charge >= 0.3 is 5.97 Å². The molecule has 2 heterocycles. The third kappa shape index (κ3) is 2.48. The Morgan fingerprint density at radius 2 is 1.92 bits per heavy atom. The molecule has 0 aliphatic rings. The Kier molecular flexibility index (Phi) is 4.08. The van der Waals surface area contributed by atoms with Gasteiger partial charge in [0, 0.05) is 12.6 Å². The lowest BCUT2D eigenvalue weighted by atomic mass is 9.93. The number of rotatable bonds is 3. The zero-order chi connectivity index (χ0) is 18.3. The van der Waals surface area contributed by atoms with Crippen LogP contribution >= 0.6 is 0 Å². The number of hydrogen-bond acceptors (Lipinski definition) is 6. The van der Waals surface area contributed by atoms with Crippen molar-refractivity contribution in [1.82, 2.24) is 14.5 Å². The second-order valence-electron chi connectivity index (χ2n) is 5.85. The third-order valence-corrected chi connectivity index (χ3v) is 4.36. The van der Waals surface area contributed by atoms with Crippen LogP contribution in [-0.4, -0.2) is 34.7 Å². The van der Waals surface area contributed by atoms with Gasteiger partial charge in [-0.1, -0.05) is 6.07 Å². The topological polar surface area (TPSA) is 92.3 Å². The lowest BCUT2D eigenvalue weighted by Crippen LogP contribution is -2.11. The number of nitrogens with two attached hydrogens (primary N) is 1. The maximum absolute atomic E-state index is 12.2. The van der Waals surface area contributed by atoms with Gasteiger partial charge < -0.3 is 19.8 Å². The number of aromatic nitrogens is 3. The number of nitrogens with zero attached hydrogens (tertiary/aromatic N) is 3. The largest absolute Gasteiger partial charge is 0.496 e. The molecule has 0 unspecified atom stereocenters. The van der Waals surface area contributed by atoms with E-state index in [4.69, 9.17) is 15.2 Å². The lowest BCUT2D eigenvalue weighted by Gasteiger charge is -2.17. The predicted molar refractivity (Wildman–Crippen MR) is 95.7 cm³/mol. The Morgan fingerprint density at radius 1 is 1.20 bits per heavy atom. The molecular weight excluding hydrogens is 320 g/mol. The highest BCUT2D eigenvalue weighted by atomic mass is 16.5. The van der Waals surface area contributed by atoms with Crippen LogP contribution in [0.3, 0.4) is 0 Å². The first-order chi connectivity index (χ1) is 11.9. The molecule has 7 heteroatoms. The lowest BCUT2D eigenvalue weighted by molar-refractivity contribution is 0.0596. The average molecular weight is 340 g/mol. The molecule has 2 aromatic heterocycles. The Balaban J connectivity index is 2.48. The van der Waals surface area contributed by atoms with Crippen molar-refractivity contribution < 1.29 is 14.3 Å². The van der Waals surface area contributed by atoms with Gasteiger partial charge in [-0.05, 0) is 36.6 Å². The summed E-state index contributed by atoms with van der Waals surface area (Å²) >= 11 is 0. The molecule has 1 aromatic carbocycles. The van der Waals surface area contributed by atoms with Gasteiger partial charge in [-0.2, -0.15) is 0 Å². The Bertz CT molecular complexity index is 992. The normalized spacial score (nSPS) is 10.9. The first kappa shape index (κ1) is 16.8. The van der Waals surface area contributed by atoms with E-state index in [9.17, 15) is 4.79 Å². The number of esters is 1. The van der Waals surface area contributed by atoms with Crippen LogP contribution in [0.25, 0.3) is 22.3 Å². The minimum atomic E-state index is -0.583. The quantitative estimate of drug-likeness (QED) is 0.737. The second kappa shape index (κ2) is 6.08. The summed E-state index contributed by atoms with van der Waals surface area (Å²) in [4.78, 5) is 21.0. The summed E-state index contributed by atoms with van der Waals surface area (Å²) < 4.78 is 12.0.